The maximum Gasteiger partial charge on any atom is -0.147 e. The van der Waals surface area contributed by atoms with E-state index in [1.807, 2.05) is 0 Å². The average Bonchev–Trinajstić information content (AvgIpc) is 2.17. The molecule has 0 aliphatic heterocycles. The van der Waals surface area contributed by atoms with Gasteiger partial charge in [-0.25, -0.2) is 0 Å². The summed E-state index contributed by atoms with van der Waals surface area (Å²) in [6, 6.07) is 0. The van der Waals surface area contributed by atoms with Crippen LogP contribution >= 0.6 is 12.4 Å². The Morgan fingerprint density at radius 1 is 0.643 bits per heavy atom. The molecule has 0 aliphatic carbocycles. The second kappa shape index (κ2) is 14.2. The van der Waals surface area contributed by atoms with E-state index in [1.54, 1.807) is 11.9 Å². The zero-order valence-corrected chi connectivity index (χ0v) is 15.0. The number of unbranched alkanes of at least 4 members (excludes halogenated alkanes) is 3. The van der Waals surface area contributed by atoms with Gasteiger partial charge in [-0.2, -0.15) is 0 Å². The summed E-state index contributed by atoms with van der Waals surface area (Å²) >= 11 is -0.995. The molecule has 0 fully saturated rings. The Bertz CT molecular complexity index is 77.3. The Morgan fingerprint density at radius 3 is 1.14 bits per heavy atom. The van der Waals surface area contributed by atoms with Crippen LogP contribution in [0.15, 0.2) is 0 Å². The van der Waals surface area contributed by atoms with Crippen molar-refractivity contribution in [3.8, 4) is 0 Å². The minimum absolute atomic E-state index is 0. The molecule has 0 spiro atoms. The molecule has 0 saturated heterocycles. The third-order valence-electron chi connectivity index (χ3n) is 2.65. The zero-order valence-electron chi connectivity index (χ0n) is 10.3. The topological polar surface area (TPSA) is 0 Å². The van der Waals surface area contributed by atoms with Crippen LogP contribution in [-0.2, 0) is 0 Å². The second-order valence-electron chi connectivity index (χ2n) is 4.06. The van der Waals surface area contributed by atoms with E-state index in [4.69, 9.17) is 0 Å². The van der Waals surface area contributed by atoms with E-state index in [-0.39, 0.29) is 12.4 Å². The van der Waals surface area contributed by atoms with Crippen LogP contribution in [0.5, 0.6) is 0 Å². The van der Waals surface area contributed by atoms with Crippen molar-refractivity contribution in [1.29, 1.82) is 0 Å². The van der Waals surface area contributed by atoms with Gasteiger partial charge in [0.05, 0.1) is 0 Å². The number of hydrogen-bond donors (Lipinski definition) is 0. The molecule has 14 heavy (non-hydrogen) atoms. The van der Waals surface area contributed by atoms with Crippen molar-refractivity contribution in [2.45, 2.75) is 71.2 Å². The fourth-order valence-corrected chi connectivity index (χ4v) is 14.5. The molecule has 87 valence electrons. The summed E-state index contributed by atoms with van der Waals surface area (Å²) in [5, 5.41) is 0. The van der Waals surface area contributed by atoms with Gasteiger partial charge in [0.1, 0.15) is 0 Å². The largest absolute Gasteiger partial charge is 0.147 e. The van der Waals surface area contributed by atoms with Gasteiger partial charge in [-0.1, -0.05) is 0 Å². The molecule has 0 aromatic rings. The third-order valence-corrected chi connectivity index (χ3v) is 15.0. The summed E-state index contributed by atoms with van der Waals surface area (Å²) < 4.78 is 5.09. The van der Waals surface area contributed by atoms with Crippen LogP contribution in [0.1, 0.15) is 59.3 Å². The minimum atomic E-state index is -0.995. The minimum Gasteiger partial charge on any atom is -0.147 e. The number of halogens is 1. The maximum absolute atomic E-state index is 2.34. The monoisotopic (exact) mass is 415 g/mol. The molecular formula is C12H28ClPb. The molecule has 0 aliphatic rings. The van der Waals surface area contributed by atoms with Crippen molar-refractivity contribution in [3.05, 3.63) is 0 Å². The Balaban J connectivity index is 0. The van der Waals surface area contributed by atoms with E-state index in [2.05, 4.69) is 20.8 Å². The predicted molar refractivity (Wildman–Crippen MR) is 72.1 cm³/mol. The van der Waals surface area contributed by atoms with Crippen molar-refractivity contribution < 1.29 is 0 Å². The van der Waals surface area contributed by atoms with E-state index < -0.39 is 22.7 Å². The molecule has 0 aromatic carbocycles. The molecule has 0 aromatic heterocycles. The van der Waals surface area contributed by atoms with Gasteiger partial charge in [0.25, 0.3) is 0 Å². The number of hydrogen-bond acceptors (Lipinski definition) is 0. The summed E-state index contributed by atoms with van der Waals surface area (Å²) in [6.07, 6.45) is 8.88. The number of rotatable bonds is 9. The van der Waals surface area contributed by atoms with Gasteiger partial charge < -0.3 is 0 Å². The molecule has 0 bridgehead atoms. The van der Waals surface area contributed by atoms with Gasteiger partial charge >= 0.3 is 93.9 Å². The molecule has 0 heterocycles. The van der Waals surface area contributed by atoms with Crippen LogP contribution in [0.3, 0.4) is 0 Å². The molecule has 0 rings (SSSR count). The average molecular weight is 415 g/mol. The zero-order chi connectivity index (χ0) is 9.94. The Kier molecular flexibility index (Phi) is 17.9. The van der Waals surface area contributed by atoms with Crippen molar-refractivity contribution in [2.24, 2.45) is 0 Å². The van der Waals surface area contributed by atoms with Crippen molar-refractivity contribution in [3.63, 3.8) is 0 Å². The van der Waals surface area contributed by atoms with Gasteiger partial charge in [-0.3, -0.25) is 0 Å². The molecule has 2 heteroatoms. The fourth-order valence-electron chi connectivity index (χ4n) is 1.66. The van der Waals surface area contributed by atoms with Crippen LogP contribution in [-0.4, -0.2) is 22.7 Å². The molecule has 0 N–H and O–H groups in total. The molecular weight excluding hydrogens is 387 g/mol. The summed E-state index contributed by atoms with van der Waals surface area (Å²) in [7, 11) is 0. The standard InChI is InChI=1S/3C4H9.ClH.Pb/c3*1-3-4-2;;/h3*1,3-4H2,2H3;1H;. The van der Waals surface area contributed by atoms with E-state index in [9.17, 15) is 0 Å². The smallest absolute Gasteiger partial charge is 0.147 e. The first-order chi connectivity index (χ1) is 6.35. The summed E-state index contributed by atoms with van der Waals surface area (Å²) in [6.45, 7) is 7.01. The van der Waals surface area contributed by atoms with Crippen LogP contribution in [0.4, 0.5) is 0 Å². The first kappa shape index (κ1) is 17.6. The van der Waals surface area contributed by atoms with E-state index in [0.717, 1.165) is 0 Å². The molecule has 0 amide bonds. The van der Waals surface area contributed by atoms with Crippen LogP contribution in [0.25, 0.3) is 0 Å². The van der Waals surface area contributed by atoms with Crippen LogP contribution in [0, 0.1) is 0 Å². The first-order valence-corrected chi connectivity index (χ1v) is 14.4. The SMILES string of the molecule is CCC[CH2][Pb]([CH2]CCC)[CH2]CCC.Cl. The summed E-state index contributed by atoms with van der Waals surface area (Å²) in [4.78, 5) is 0. The van der Waals surface area contributed by atoms with E-state index in [0.29, 0.717) is 0 Å². The van der Waals surface area contributed by atoms with Crippen LogP contribution < -0.4 is 0 Å². The fraction of sp³-hybridized carbons (Fsp3) is 1.00. The summed E-state index contributed by atoms with van der Waals surface area (Å²) in [5.74, 6) is 0. The Morgan fingerprint density at radius 2 is 0.929 bits per heavy atom. The van der Waals surface area contributed by atoms with Crippen LogP contribution in [0.2, 0.25) is 11.9 Å². The van der Waals surface area contributed by atoms with Gasteiger partial charge in [0.2, 0.25) is 0 Å². The van der Waals surface area contributed by atoms with Gasteiger partial charge in [0, 0.05) is 0 Å². The molecule has 0 atom stereocenters. The molecule has 1 radical (unpaired) electrons. The maximum atomic E-state index is 2.34. The second-order valence-corrected chi connectivity index (χ2v) is 15.7. The molecule has 0 unspecified atom stereocenters. The Labute approximate surface area is 106 Å². The Hall–Kier alpha value is 1.21. The van der Waals surface area contributed by atoms with Gasteiger partial charge in [-0.05, 0) is 0 Å². The predicted octanol–water partition coefficient (Wildman–Crippen LogP) is 5.30. The van der Waals surface area contributed by atoms with Crippen molar-refractivity contribution >= 4 is 35.1 Å². The normalized spacial score (nSPS) is 10.3. The molecule has 0 nitrogen and oxygen atoms in total. The van der Waals surface area contributed by atoms with E-state index >= 15 is 0 Å². The van der Waals surface area contributed by atoms with Gasteiger partial charge in [-0.15, -0.1) is 12.4 Å². The van der Waals surface area contributed by atoms with Crippen molar-refractivity contribution in [1.82, 2.24) is 0 Å². The third kappa shape index (κ3) is 11.3. The molecule has 0 saturated carbocycles. The summed E-state index contributed by atoms with van der Waals surface area (Å²) in [5.41, 5.74) is 0. The van der Waals surface area contributed by atoms with E-state index in [1.165, 1.54) is 38.5 Å². The van der Waals surface area contributed by atoms with Gasteiger partial charge in [0.15, 0.2) is 0 Å². The van der Waals surface area contributed by atoms with Crippen molar-refractivity contribution in [2.75, 3.05) is 0 Å². The quantitative estimate of drug-likeness (QED) is 0.449. The first-order valence-electron chi connectivity index (χ1n) is 6.18.